The number of esters is 1. The topological polar surface area (TPSA) is 63.6 Å². The highest BCUT2D eigenvalue weighted by Gasteiger charge is 2.35. The minimum Gasteiger partial charge on any atom is -0.478 e. The Morgan fingerprint density at radius 2 is 1.53 bits per heavy atom. The lowest BCUT2D eigenvalue weighted by atomic mass is 9.79. The lowest BCUT2D eigenvalue weighted by Gasteiger charge is -2.37. The van der Waals surface area contributed by atoms with Crippen molar-refractivity contribution in [3.63, 3.8) is 0 Å². The van der Waals surface area contributed by atoms with Crippen LogP contribution in [0.25, 0.3) is 0 Å². The van der Waals surface area contributed by atoms with Crippen LogP contribution in [0.5, 0.6) is 0 Å². The van der Waals surface area contributed by atoms with Crippen LogP contribution in [0.4, 0.5) is 0 Å². The second kappa shape index (κ2) is 4.47. The molecular formula is C11H18O4. The van der Waals surface area contributed by atoms with Crippen LogP contribution in [0.1, 0.15) is 34.6 Å². The third kappa shape index (κ3) is 4.63. The number of carboxylic acids is 1. The third-order valence-electron chi connectivity index (χ3n) is 2.52. The Kier molecular flexibility index (Phi) is 4.07. The highest BCUT2D eigenvalue weighted by atomic mass is 16.6. The van der Waals surface area contributed by atoms with E-state index in [1.54, 1.807) is 13.8 Å². The number of rotatable bonds is 3. The molecular weight excluding hydrogens is 196 g/mol. The van der Waals surface area contributed by atoms with Gasteiger partial charge in [0.05, 0.1) is 0 Å². The molecule has 0 aliphatic heterocycles. The van der Waals surface area contributed by atoms with E-state index in [0.717, 1.165) is 12.2 Å². The van der Waals surface area contributed by atoms with Crippen molar-refractivity contribution >= 4 is 11.9 Å². The maximum Gasteiger partial charge on any atom is 0.331 e. The normalized spacial score (nSPS) is 12.9. The first-order valence-corrected chi connectivity index (χ1v) is 4.70. The Balaban J connectivity index is 4.49. The number of carboxylic acid groups (broad SMARTS) is 1. The molecule has 0 atom stereocenters. The molecule has 0 bridgehead atoms. The van der Waals surface area contributed by atoms with Crippen LogP contribution in [0.15, 0.2) is 12.2 Å². The standard InChI is InChI=1S/C11H18O4/c1-10(2,3)11(4,5)15-9(14)7-6-8(12)13/h6-7H,1-5H3,(H,12,13)/b7-6+. The van der Waals surface area contributed by atoms with Gasteiger partial charge < -0.3 is 9.84 Å². The van der Waals surface area contributed by atoms with Gasteiger partial charge in [-0.3, -0.25) is 0 Å². The van der Waals surface area contributed by atoms with E-state index in [2.05, 4.69) is 0 Å². The van der Waals surface area contributed by atoms with Gasteiger partial charge in [0.15, 0.2) is 0 Å². The summed E-state index contributed by atoms with van der Waals surface area (Å²) in [7, 11) is 0. The van der Waals surface area contributed by atoms with Crippen LogP contribution >= 0.6 is 0 Å². The van der Waals surface area contributed by atoms with Crippen LogP contribution in [-0.4, -0.2) is 22.6 Å². The number of hydrogen-bond acceptors (Lipinski definition) is 3. The van der Waals surface area contributed by atoms with E-state index in [0.29, 0.717) is 0 Å². The molecule has 1 N–H and O–H groups in total. The minimum atomic E-state index is -1.17. The zero-order chi connectivity index (χ0) is 12.3. The van der Waals surface area contributed by atoms with Crippen molar-refractivity contribution in [3.05, 3.63) is 12.2 Å². The fourth-order valence-corrected chi connectivity index (χ4v) is 0.578. The predicted molar refractivity (Wildman–Crippen MR) is 56.4 cm³/mol. The third-order valence-corrected chi connectivity index (χ3v) is 2.52. The van der Waals surface area contributed by atoms with Gasteiger partial charge in [0.2, 0.25) is 0 Å². The summed E-state index contributed by atoms with van der Waals surface area (Å²) >= 11 is 0. The first kappa shape index (κ1) is 13.7. The molecule has 0 fully saturated rings. The second-order valence-corrected chi connectivity index (χ2v) is 4.85. The van der Waals surface area contributed by atoms with Gasteiger partial charge in [-0.1, -0.05) is 20.8 Å². The molecule has 0 aromatic carbocycles. The van der Waals surface area contributed by atoms with Gasteiger partial charge in [-0.15, -0.1) is 0 Å². The van der Waals surface area contributed by atoms with Crippen LogP contribution in [0.2, 0.25) is 0 Å². The van der Waals surface area contributed by atoms with Crippen molar-refractivity contribution in [2.24, 2.45) is 5.41 Å². The van der Waals surface area contributed by atoms with Gasteiger partial charge in [-0.05, 0) is 13.8 Å². The number of aliphatic carboxylic acids is 1. The zero-order valence-electron chi connectivity index (χ0n) is 9.83. The van der Waals surface area contributed by atoms with Gasteiger partial charge in [0.25, 0.3) is 0 Å². The summed E-state index contributed by atoms with van der Waals surface area (Å²) in [4.78, 5) is 21.4. The van der Waals surface area contributed by atoms with Gasteiger partial charge in [0, 0.05) is 17.6 Å². The molecule has 4 nitrogen and oxygen atoms in total. The van der Waals surface area contributed by atoms with Crippen LogP contribution in [-0.2, 0) is 14.3 Å². The largest absolute Gasteiger partial charge is 0.478 e. The minimum absolute atomic E-state index is 0.209. The average molecular weight is 214 g/mol. The quantitative estimate of drug-likeness (QED) is 0.576. The molecule has 0 unspecified atom stereocenters. The summed E-state index contributed by atoms with van der Waals surface area (Å²) in [6, 6.07) is 0. The van der Waals surface area contributed by atoms with Crippen molar-refractivity contribution in [2.75, 3.05) is 0 Å². The fourth-order valence-electron chi connectivity index (χ4n) is 0.578. The van der Waals surface area contributed by atoms with Gasteiger partial charge in [0.1, 0.15) is 5.60 Å². The molecule has 0 amide bonds. The summed E-state index contributed by atoms with van der Waals surface area (Å²) in [5.41, 5.74) is -0.855. The van der Waals surface area contributed by atoms with E-state index in [-0.39, 0.29) is 5.41 Å². The van der Waals surface area contributed by atoms with Crippen molar-refractivity contribution in [2.45, 2.75) is 40.2 Å². The van der Waals surface area contributed by atoms with Crippen molar-refractivity contribution in [1.82, 2.24) is 0 Å². The SMILES string of the molecule is CC(C)(C)C(C)(C)OC(=O)/C=C/C(=O)O. The molecule has 0 saturated carbocycles. The number of hydrogen-bond donors (Lipinski definition) is 1. The van der Waals surface area contributed by atoms with Crippen molar-refractivity contribution in [3.8, 4) is 0 Å². The Labute approximate surface area is 89.9 Å². The molecule has 0 aromatic rings. The van der Waals surface area contributed by atoms with Crippen LogP contribution in [0.3, 0.4) is 0 Å². The highest BCUT2D eigenvalue weighted by molar-refractivity contribution is 5.90. The highest BCUT2D eigenvalue weighted by Crippen LogP contribution is 2.32. The van der Waals surface area contributed by atoms with E-state index < -0.39 is 17.5 Å². The molecule has 0 aliphatic carbocycles. The monoisotopic (exact) mass is 214 g/mol. The molecule has 0 rings (SSSR count). The van der Waals surface area contributed by atoms with Gasteiger partial charge in [-0.25, -0.2) is 9.59 Å². The number of carbonyl (C=O) groups excluding carboxylic acids is 1. The maximum absolute atomic E-state index is 11.2. The maximum atomic E-state index is 11.2. The molecule has 0 spiro atoms. The average Bonchev–Trinajstić information content (AvgIpc) is 1.97. The summed E-state index contributed by atoms with van der Waals surface area (Å²) < 4.78 is 5.16. The molecule has 15 heavy (non-hydrogen) atoms. The Morgan fingerprint density at radius 3 is 1.87 bits per heavy atom. The molecule has 0 heterocycles. The number of carbonyl (C=O) groups is 2. The lowest BCUT2D eigenvalue weighted by molar-refractivity contribution is -0.161. The zero-order valence-corrected chi connectivity index (χ0v) is 9.83. The van der Waals surface area contributed by atoms with Crippen LogP contribution in [0, 0.1) is 5.41 Å². The van der Waals surface area contributed by atoms with Crippen molar-refractivity contribution < 1.29 is 19.4 Å². The molecule has 0 radical (unpaired) electrons. The van der Waals surface area contributed by atoms with Crippen molar-refractivity contribution in [1.29, 1.82) is 0 Å². The van der Waals surface area contributed by atoms with E-state index in [1.807, 2.05) is 20.8 Å². The van der Waals surface area contributed by atoms with Gasteiger partial charge in [-0.2, -0.15) is 0 Å². The first-order valence-electron chi connectivity index (χ1n) is 4.70. The summed E-state index contributed by atoms with van der Waals surface area (Å²) in [6.07, 6.45) is 1.68. The Hall–Kier alpha value is -1.32. The molecule has 0 aromatic heterocycles. The smallest absolute Gasteiger partial charge is 0.331 e. The molecule has 4 heteroatoms. The Morgan fingerprint density at radius 1 is 1.07 bits per heavy atom. The van der Waals surface area contributed by atoms with E-state index in [4.69, 9.17) is 9.84 Å². The van der Waals surface area contributed by atoms with Gasteiger partial charge >= 0.3 is 11.9 Å². The summed E-state index contributed by atoms with van der Waals surface area (Å²) in [5.74, 6) is -1.81. The molecule has 86 valence electrons. The predicted octanol–water partition coefficient (Wildman–Crippen LogP) is 2.00. The summed E-state index contributed by atoms with van der Waals surface area (Å²) in [6.45, 7) is 9.42. The van der Waals surface area contributed by atoms with E-state index >= 15 is 0 Å². The van der Waals surface area contributed by atoms with E-state index in [9.17, 15) is 9.59 Å². The second-order valence-electron chi connectivity index (χ2n) is 4.85. The molecule has 0 aliphatic rings. The Bertz CT molecular complexity index is 281. The fraction of sp³-hybridized carbons (Fsp3) is 0.636. The number of ether oxygens (including phenoxy) is 1. The lowest BCUT2D eigenvalue weighted by Crippen LogP contribution is -2.40. The summed E-state index contributed by atoms with van der Waals surface area (Å²) in [5, 5.41) is 8.33. The van der Waals surface area contributed by atoms with E-state index in [1.165, 1.54) is 0 Å². The first-order chi connectivity index (χ1) is 6.56. The molecule has 0 saturated heterocycles. The van der Waals surface area contributed by atoms with Crippen LogP contribution < -0.4 is 0 Å².